The number of rotatable bonds is 4. The van der Waals surface area contributed by atoms with Gasteiger partial charge in [0, 0.05) is 16.9 Å². The summed E-state index contributed by atoms with van der Waals surface area (Å²) < 4.78 is 0.963. The van der Waals surface area contributed by atoms with Crippen LogP contribution in [0.5, 0.6) is 0 Å². The first-order valence-electron chi connectivity index (χ1n) is 5.82. The molecule has 0 saturated carbocycles. The maximum absolute atomic E-state index is 5.66. The van der Waals surface area contributed by atoms with Crippen LogP contribution in [0.4, 0.5) is 0 Å². The molecule has 2 aromatic rings. The quantitative estimate of drug-likeness (QED) is 0.674. The molecule has 3 nitrogen and oxygen atoms in total. The normalized spacial score (nSPS) is 12.4. The average molecular weight is 306 g/mol. The van der Waals surface area contributed by atoms with Crippen LogP contribution in [0.1, 0.15) is 22.7 Å². The highest BCUT2D eigenvalue weighted by Crippen LogP contribution is 2.21. The number of aryl methyl sites for hydroxylation is 1. The number of nitrogens with one attached hydrogen (secondary N) is 1. The van der Waals surface area contributed by atoms with E-state index in [1.54, 1.807) is 6.20 Å². The number of halogens is 1. The highest BCUT2D eigenvalue weighted by molar-refractivity contribution is 9.10. The van der Waals surface area contributed by atoms with Crippen molar-refractivity contribution in [2.45, 2.75) is 19.4 Å². The van der Waals surface area contributed by atoms with Gasteiger partial charge in [-0.2, -0.15) is 0 Å². The van der Waals surface area contributed by atoms with Crippen LogP contribution in [-0.2, 0) is 6.42 Å². The van der Waals surface area contributed by atoms with Crippen molar-refractivity contribution < 1.29 is 0 Å². The van der Waals surface area contributed by atoms with Gasteiger partial charge in [0.1, 0.15) is 0 Å². The van der Waals surface area contributed by atoms with Crippen LogP contribution in [0.2, 0.25) is 0 Å². The summed E-state index contributed by atoms with van der Waals surface area (Å²) in [5.74, 6) is 5.66. The summed E-state index contributed by atoms with van der Waals surface area (Å²) >= 11 is 3.43. The summed E-state index contributed by atoms with van der Waals surface area (Å²) in [6.45, 7) is 2.11. The molecule has 94 valence electrons. The molecular formula is C14H16BrN3. The number of hydrazine groups is 1. The third-order valence-corrected chi connectivity index (χ3v) is 3.45. The molecule has 3 N–H and O–H groups in total. The monoisotopic (exact) mass is 305 g/mol. The Labute approximate surface area is 116 Å². The fourth-order valence-electron chi connectivity index (χ4n) is 1.95. The molecular weight excluding hydrogens is 290 g/mol. The molecule has 0 aliphatic heterocycles. The minimum absolute atomic E-state index is 0.0658. The molecule has 0 saturated heterocycles. The van der Waals surface area contributed by atoms with Crippen LogP contribution in [0.15, 0.2) is 47.2 Å². The first-order chi connectivity index (χ1) is 8.70. The molecule has 0 amide bonds. The largest absolute Gasteiger partial charge is 0.271 e. The highest BCUT2D eigenvalue weighted by Gasteiger charge is 2.12. The van der Waals surface area contributed by atoms with E-state index in [4.69, 9.17) is 5.84 Å². The molecule has 18 heavy (non-hydrogen) atoms. The number of nitrogens with two attached hydrogens (primary N) is 1. The molecule has 0 fully saturated rings. The third kappa shape index (κ3) is 3.16. The maximum Gasteiger partial charge on any atom is 0.0516 e. The summed E-state index contributed by atoms with van der Waals surface area (Å²) in [7, 11) is 0. The van der Waals surface area contributed by atoms with Gasteiger partial charge in [-0.3, -0.25) is 16.3 Å². The predicted molar refractivity (Wildman–Crippen MR) is 76.9 cm³/mol. The minimum Gasteiger partial charge on any atom is -0.271 e. The summed E-state index contributed by atoms with van der Waals surface area (Å²) in [6, 6.07) is 10.4. The first-order valence-corrected chi connectivity index (χ1v) is 6.61. The SMILES string of the molecule is Cc1ccccc1CC(NN)c1cncc(Br)c1. The summed E-state index contributed by atoms with van der Waals surface area (Å²) in [6.07, 6.45) is 4.46. The molecule has 1 atom stereocenters. The van der Waals surface area contributed by atoms with Crippen molar-refractivity contribution in [1.82, 2.24) is 10.4 Å². The Kier molecular flexibility index (Phi) is 4.47. The molecule has 1 heterocycles. The van der Waals surface area contributed by atoms with Gasteiger partial charge in [0.25, 0.3) is 0 Å². The number of hydrogen-bond donors (Lipinski definition) is 2. The zero-order valence-electron chi connectivity index (χ0n) is 10.2. The van der Waals surface area contributed by atoms with Gasteiger partial charge in [0.05, 0.1) is 6.04 Å². The summed E-state index contributed by atoms with van der Waals surface area (Å²) in [5, 5.41) is 0. The van der Waals surface area contributed by atoms with Gasteiger partial charge >= 0.3 is 0 Å². The lowest BCUT2D eigenvalue weighted by atomic mass is 9.97. The Morgan fingerprint density at radius 2 is 2.11 bits per heavy atom. The second-order valence-corrected chi connectivity index (χ2v) is 5.20. The predicted octanol–water partition coefficient (Wildman–Crippen LogP) is 2.90. The van der Waals surface area contributed by atoms with Crippen LogP contribution in [0.3, 0.4) is 0 Å². The Morgan fingerprint density at radius 1 is 1.33 bits per heavy atom. The number of pyridine rings is 1. The van der Waals surface area contributed by atoms with Crippen LogP contribution >= 0.6 is 15.9 Å². The van der Waals surface area contributed by atoms with E-state index in [1.165, 1.54) is 11.1 Å². The minimum atomic E-state index is 0.0658. The lowest BCUT2D eigenvalue weighted by Crippen LogP contribution is -2.29. The average Bonchev–Trinajstić information content (AvgIpc) is 2.38. The Balaban J connectivity index is 2.23. The molecule has 2 rings (SSSR count). The van der Waals surface area contributed by atoms with Gasteiger partial charge in [-0.05, 0) is 52.0 Å². The van der Waals surface area contributed by atoms with E-state index >= 15 is 0 Å². The topological polar surface area (TPSA) is 50.9 Å². The number of benzene rings is 1. The van der Waals surface area contributed by atoms with Gasteiger partial charge in [0.2, 0.25) is 0 Å². The molecule has 0 aliphatic rings. The Hall–Kier alpha value is -1.23. The van der Waals surface area contributed by atoms with E-state index in [-0.39, 0.29) is 6.04 Å². The Morgan fingerprint density at radius 3 is 2.78 bits per heavy atom. The van der Waals surface area contributed by atoms with Gasteiger partial charge in [-0.15, -0.1) is 0 Å². The second-order valence-electron chi connectivity index (χ2n) is 4.29. The van der Waals surface area contributed by atoms with Crippen LogP contribution in [0, 0.1) is 6.92 Å². The van der Waals surface area contributed by atoms with Crippen LogP contribution in [0.25, 0.3) is 0 Å². The smallest absolute Gasteiger partial charge is 0.0516 e. The van der Waals surface area contributed by atoms with Gasteiger partial charge < -0.3 is 0 Å². The van der Waals surface area contributed by atoms with Crippen molar-refractivity contribution in [2.24, 2.45) is 5.84 Å². The fourth-order valence-corrected chi connectivity index (χ4v) is 2.33. The van der Waals surface area contributed by atoms with Crippen molar-refractivity contribution in [3.63, 3.8) is 0 Å². The summed E-state index contributed by atoms with van der Waals surface area (Å²) in [5.41, 5.74) is 6.51. The first kappa shape index (κ1) is 13.2. The van der Waals surface area contributed by atoms with Crippen LogP contribution < -0.4 is 11.3 Å². The second kappa shape index (κ2) is 6.09. The molecule has 0 radical (unpaired) electrons. The van der Waals surface area contributed by atoms with Crippen molar-refractivity contribution >= 4 is 15.9 Å². The van der Waals surface area contributed by atoms with E-state index in [9.17, 15) is 0 Å². The lowest BCUT2D eigenvalue weighted by molar-refractivity contribution is 0.549. The van der Waals surface area contributed by atoms with Crippen molar-refractivity contribution in [2.75, 3.05) is 0 Å². The maximum atomic E-state index is 5.66. The molecule has 0 bridgehead atoms. The van der Waals surface area contributed by atoms with Crippen molar-refractivity contribution in [3.05, 3.63) is 63.9 Å². The van der Waals surface area contributed by atoms with Crippen molar-refractivity contribution in [1.29, 1.82) is 0 Å². The molecule has 0 spiro atoms. The molecule has 0 aliphatic carbocycles. The van der Waals surface area contributed by atoms with Crippen LogP contribution in [-0.4, -0.2) is 4.98 Å². The third-order valence-electron chi connectivity index (χ3n) is 3.01. The lowest BCUT2D eigenvalue weighted by Gasteiger charge is -2.17. The van der Waals surface area contributed by atoms with E-state index < -0.39 is 0 Å². The Bertz CT molecular complexity index is 528. The zero-order valence-corrected chi connectivity index (χ0v) is 11.8. The molecule has 1 aromatic heterocycles. The highest BCUT2D eigenvalue weighted by atomic mass is 79.9. The zero-order chi connectivity index (χ0) is 13.0. The molecule has 4 heteroatoms. The number of nitrogens with zero attached hydrogens (tertiary/aromatic N) is 1. The van der Waals surface area contributed by atoms with E-state index in [1.807, 2.05) is 18.3 Å². The van der Waals surface area contributed by atoms with Gasteiger partial charge in [0.15, 0.2) is 0 Å². The van der Waals surface area contributed by atoms with Gasteiger partial charge in [-0.25, -0.2) is 0 Å². The van der Waals surface area contributed by atoms with E-state index in [2.05, 4.69) is 51.5 Å². The molecule has 1 unspecified atom stereocenters. The van der Waals surface area contributed by atoms with E-state index in [0.717, 1.165) is 16.5 Å². The standard InChI is InChI=1S/C14H16BrN3/c1-10-4-2-3-5-11(10)7-14(18-16)12-6-13(15)9-17-8-12/h2-6,8-9,14,18H,7,16H2,1H3. The number of aromatic nitrogens is 1. The van der Waals surface area contributed by atoms with E-state index in [0.29, 0.717) is 0 Å². The summed E-state index contributed by atoms with van der Waals surface area (Å²) in [4.78, 5) is 4.17. The molecule has 1 aromatic carbocycles. The van der Waals surface area contributed by atoms with Crippen molar-refractivity contribution in [3.8, 4) is 0 Å². The van der Waals surface area contributed by atoms with Gasteiger partial charge in [-0.1, -0.05) is 24.3 Å². The number of hydrogen-bond acceptors (Lipinski definition) is 3. The fraction of sp³-hybridized carbons (Fsp3) is 0.214.